The zero-order chi connectivity index (χ0) is 18.5. The number of benzene rings is 1. The molecule has 1 amide bonds. The quantitative estimate of drug-likeness (QED) is 0.895. The highest BCUT2D eigenvalue weighted by molar-refractivity contribution is 5.92. The van der Waals surface area contributed by atoms with Gasteiger partial charge in [-0.05, 0) is 30.2 Å². The monoisotopic (exact) mass is 356 g/mol. The number of halogens is 1. The lowest BCUT2D eigenvalue weighted by atomic mass is 10.2. The number of nitrogens with zero attached hydrogens (tertiary/aromatic N) is 3. The summed E-state index contributed by atoms with van der Waals surface area (Å²) in [6.45, 7) is 7.81. The molecule has 3 rings (SSSR count). The molecular weight excluding hydrogens is 331 g/mol. The second-order valence-electron chi connectivity index (χ2n) is 6.93. The van der Waals surface area contributed by atoms with Crippen molar-refractivity contribution in [3.8, 4) is 0 Å². The molecule has 1 fully saturated rings. The van der Waals surface area contributed by atoms with Crippen LogP contribution in [-0.4, -0.2) is 43.6 Å². The molecule has 0 atom stereocenters. The van der Waals surface area contributed by atoms with E-state index in [0.717, 1.165) is 31.9 Å². The van der Waals surface area contributed by atoms with Gasteiger partial charge in [0.05, 0.1) is 17.6 Å². The molecule has 0 unspecified atom stereocenters. The number of para-hydroxylation sites is 1. The number of hydrogen-bond donors (Lipinski definition) is 1. The Morgan fingerprint density at radius 1 is 1.12 bits per heavy atom. The van der Waals surface area contributed by atoms with E-state index >= 15 is 0 Å². The van der Waals surface area contributed by atoms with Gasteiger partial charge in [-0.2, -0.15) is 0 Å². The van der Waals surface area contributed by atoms with Crippen LogP contribution >= 0.6 is 0 Å². The number of hydrogen-bond acceptors (Lipinski definition) is 4. The largest absolute Gasteiger partial charge is 0.367 e. The van der Waals surface area contributed by atoms with Crippen LogP contribution in [0.4, 0.5) is 15.8 Å². The maximum atomic E-state index is 13.9. The molecule has 138 valence electrons. The SMILES string of the molecule is CC(C)CNC(=O)c1ccc(N2CCN(c3ccccc3F)CC2)cn1. The molecule has 5 nitrogen and oxygen atoms in total. The van der Waals surface area contributed by atoms with Crippen molar-refractivity contribution in [1.82, 2.24) is 10.3 Å². The highest BCUT2D eigenvalue weighted by Gasteiger charge is 2.20. The van der Waals surface area contributed by atoms with Gasteiger partial charge < -0.3 is 15.1 Å². The average molecular weight is 356 g/mol. The zero-order valence-electron chi connectivity index (χ0n) is 15.3. The van der Waals surface area contributed by atoms with Crippen LogP contribution in [-0.2, 0) is 0 Å². The van der Waals surface area contributed by atoms with E-state index in [1.807, 2.05) is 18.2 Å². The minimum absolute atomic E-state index is 0.144. The molecule has 1 aliphatic rings. The van der Waals surface area contributed by atoms with Crippen molar-refractivity contribution in [2.45, 2.75) is 13.8 Å². The van der Waals surface area contributed by atoms with Gasteiger partial charge >= 0.3 is 0 Å². The van der Waals surface area contributed by atoms with Crippen molar-refractivity contribution in [3.05, 3.63) is 54.1 Å². The first kappa shape index (κ1) is 18.2. The number of nitrogens with one attached hydrogen (secondary N) is 1. The number of amides is 1. The summed E-state index contributed by atoms with van der Waals surface area (Å²) in [6, 6.07) is 10.6. The van der Waals surface area contributed by atoms with Crippen molar-refractivity contribution in [1.29, 1.82) is 0 Å². The summed E-state index contributed by atoms with van der Waals surface area (Å²) in [5.74, 6) is 0.0815. The third-order valence-electron chi connectivity index (χ3n) is 4.49. The minimum Gasteiger partial charge on any atom is -0.367 e. The minimum atomic E-state index is -0.181. The molecule has 1 N–H and O–H groups in total. The lowest BCUT2D eigenvalue weighted by molar-refractivity contribution is 0.0944. The van der Waals surface area contributed by atoms with E-state index in [2.05, 4.69) is 33.9 Å². The third kappa shape index (κ3) is 4.31. The number of piperazine rings is 1. The van der Waals surface area contributed by atoms with Gasteiger partial charge in [0.15, 0.2) is 0 Å². The molecule has 0 radical (unpaired) electrons. The van der Waals surface area contributed by atoms with E-state index in [9.17, 15) is 9.18 Å². The molecule has 2 heterocycles. The molecule has 1 aromatic carbocycles. The summed E-state index contributed by atoms with van der Waals surface area (Å²) < 4.78 is 13.9. The number of rotatable bonds is 5. The molecule has 0 bridgehead atoms. The molecule has 0 spiro atoms. The Kier molecular flexibility index (Phi) is 5.71. The Hall–Kier alpha value is -2.63. The van der Waals surface area contributed by atoms with E-state index < -0.39 is 0 Å². The Morgan fingerprint density at radius 2 is 1.81 bits per heavy atom. The molecule has 0 aliphatic carbocycles. The van der Waals surface area contributed by atoms with Crippen LogP contribution in [0.5, 0.6) is 0 Å². The van der Waals surface area contributed by atoms with E-state index in [1.54, 1.807) is 18.3 Å². The van der Waals surface area contributed by atoms with Crippen LogP contribution < -0.4 is 15.1 Å². The molecule has 0 saturated carbocycles. The first-order chi connectivity index (χ1) is 12.5. The van der Waals surface area contributed by atoms with E-state index in [0.29, 0.717) is 23.8 Å². The highest BCUT2D eigenvalue weighted by atomic mass is 19.1. The Bertz CT molecular complexity index is 740. The fraction of sp³-hybridized carbons (Fsp3) is 0.400. The molecule has 6 heteroatoms. The fourth-order valence-corrected chi connectivity index (χ4v) is 3.01. The van der Waals surface area contributed by atoms with E-state index in [-0.39, 0.29) is 11.7 Å². The lowest BCUT2D eigenvalue weighted by Crippen LogP contribution is -2.46. The summed E-state index contributed by atoms with van der Waals surface area (Å²) >= 11 is 0. The first-order valence-electron chi connectivity index (χ1n) is 9.03. The van der Waals surface area contributed by atoms with Gasteiger partial charge in [-0.25, -0.2) is 9.37 Å². The summed E-state index contributed by atoms with van der Waals surface area (Å²) in [4.78, 5) is 20.6. The van der Waals surface area contributed by atoms with Gasteiger partial charge in [-0.15, -0.1) is 0 Å². The molecule has 1 saturated heterocycles. The number of aromatic nitrogens is 1. The predicted octanol–water partition coefficient (Wildman–Crippen LogP) is 2.93. The van der Waals surface area contributed by atoms with Crippen LogP contribution in [0.3, 0.4) is 0 Å². The van der Waals surface area contributed by atoms with Crippen LogP contribution in [0.15, 0.2) is 42.6 Å². The standard InChI is InChI=1S/C20H25FN4O/c1-15(2)13-23-20(26)18-8-7-16(14-22-18)24-9-11-25(12-10-24)19-6-4-3-5-17(19)21/h3-8,14-15H,9-13H2,1-2H3,(H,23,26). The van der Waals surface area contributed by atoms with Crippen molar-refractivity contribution < 1.29 is 9.18 Å². The average Bonchev–Trinajstić information content (AvgIpc) is 2.67. The molecule has 1 aliphatic heterocycles. The molecular formula is C20H25FN4O. The van der Waals surface area contributed by atoms with Crippen molar-refractivity contribution in [2.24, 2.45) is 5.92 Å². The van der Waals surface area contributed by atoms with Crippen LogP contribution in [0.2, 0.25) is 0 Å². The Labute approximate surface area is 153 Å². The van der Waals surface area contributed by atoms with Crippen molar-refractivity contribution in [2.75, 3.05) is 42.5 Å². The van der Waals surface area contributed by atoms with Crippen molar-refractivity contribution >= 4 is 17.3 Å². The summed E-state index contributed by atoms with van der Waals surface area (Å²) in [7, 11) is 0. The maximum absolute atomic E-state index is 13.9. The van der Waals surface area contributed by atoms with Gasteiger partial charge in [0, 0.05) is 32.7 Å². The predicted molar refractivity (Wildman–Crippen MR) is 102 cm³/mol. The number of carbonyl (C=O) groups excluding carboxylic acids is 1. The second kappa shape index (κ2) is 8.17. The summed E-state index contributed by atoms with van der Waals surface area (Å²) in [5, 5.41) is 2.87. The van der Waals surface area contributed by atoms with Gasteiger partial charge in [0.1, 0.15) is 11.5 Å². The lowest BCUT2D eigenvalue weighted by Gasteiger charge is -2.37. The number of pyridine rings is 1. The summed E-state index contributed by atoms with van der Waals surface area (Å²) in [6.07, 6.45) is 1.74. The Balaban J connectivity index is 1.58. The third-order valence-corrected chi connectivity index (χ3v) is 4.49. The van der Waals surface area contributed by atoms with Gasteiger partial charge in [-0.3, -0.25) is 4.79 Å². The van der Waals surface area contributed by atoms with Gasteiger partial charge in [-0.1, -0.05) is 26.0 Å². The zero-order valence-corrected chi connectivity index (χ0v) is 15.3. The second-order valence-corrected chi connectivity index (χ2v) is 6.93. The Morgan fingerprint density at radius 3 is 2.42 bits per heavy atom. The fourth-order valence-electron chi connectivity index (χ4n) is 3.01. The van der Waals surface area contributed by atoms with Gasteiger partial charge in [0.2, 0.25) is 0 Å². The van der Waals surface area contributed by atoms with E-state index in [1.165, 1.54) is 6.07 Å². The number of anilines is 2. The topological polar surface area (TPSA) is 48.5 Å². The summed E-state index contributed by atoms with van der Waals surface area (Å²) in [5.41, 5.74) is 2.07. The van der Waals surface area contributed by atoms with Crippen LogP contribution in [0, 0.1) is 11.7 Å². The normalized spacial score (nSPS) is 14.6. The van der Waals surface area contributed by atoms with Gasteiger partial charge in [0.25, 0.3) is 5.91 Å². The first-order valence-corrected chi connectivity index (χ1v) is 9.03. The highest BCUT2D eigenvalue weighted by Crippen LogP contribution is 2.22. The molecule has 1 aromatic heterocycles. The smallest absolute Gasteiger partial charge is 0.269 e. The maximum Gasteiger partial charge on any atom is 0.269 e. The molecule has 26 heavy (non-hydrogen) atoms. The molecule has 2 aromatic rings. The van der Waals surface area contributed by atoms with Crippen LogP contribution in [0.25, 0.3) is 0 Å². The van der Waals surface area contributed by atoms with Crippen molar-refractivity contribution in [3.63, 3.8) is 0 Å². The number of carbonyl (C=O) groups is 1. The van der Waals surface area contributed by atoms with E-state index in [4.69, 9.17) is 0 Å². The van der Waals surface area contributed by atoms with Crippen LogP contribution in [0.1, 0.15) is 24.3 Å².